The fourth-order valence-electron chi connectivity index (χ4n) is 2.81. The van der Waals surface area contributed by atoms with Crippen LogP contribution in [-0.4, -0.2) is 25.2 Å². The van der Waals surface area contributed by atoms with Crippen LogP contribution in [0.5, 0.6) is 11.5 Å². The van der Waals surface area contributed by atoms with Gasteiger partial charge in [-0.3, -0.25) is 9.59 Å². The molecule has 27 heavy (non-hydrogen) atoms. The Bertz CT molecular complexity index is 861. The van der Waals surface area contributed by atoms with Gasteiger partial charge in [0.1, 0.15) is 0 Å². The summed E-state index contributed by atoms with van der Waals surface area (Å²) >= 11 is 0. The Morgan fingerprint density at radius 3 is 2.63 bits per heavy atom. The van der Waals surface area contributed by atoms with Crippen molar-refractivity contribution in [3.05, 3.63) is 53.6 Å². The average molecular weight is 368 g/mol. The maximum absolute atomic E-state index is 12.5. The molecule has 1 aliphatic heterocycles. The van der Waals surface area contributed by atoms with Crippen LogP contribution in [0.25, 0.3) is 0 Å². The van der Waals surface area contributed by atoms with Gasteiger partial charge in [-0.05, 0) is 35.9 Å². The Labute approximate surface area is 158 Å². The lowest BCUT2D eigenvalue weighted by Crippen LogP contribution is -2.36. The second-order valence-corrected chi connectivity index (χ2v) is 7.12. The Morgan fingerprint density at radius 2 is 1.85 bits per heavy atom. The maximum Gasteiger partial charge on any atom is 0.251 e. The predicted molar refractivity (Wildman–Crippen MR) is 103 cm³/mol. The van der Waals surface area contributed by atoms with E-state index < -0.39 is 0 Å². The molecule has 0 radical (unpaired) electrons. The summed E-state index contributed by atoms with van der Waals surface area (Å²) in [5.41, 5.74) is 1.89. The van der Waals surface area contributed by atoms with Crippen LogP contribution in [0.4, 0.5) is 5.69 Å². The van der Waals surface area contributed by atoms with Crippen LogP contribution < -0.4 is 20.1 Å². The van der Waals surface area contributed by atoms with Crippen molar-refractivity contribution in [1.82, 2.24) is 5.32 Å². The molecule has 0 saturated heterocycles. The molecule has 2 amide bonds. The van der Waals surface area contributed by atoms with Crippen LogP contribution in [0, 0.1) is 0 Å². The van der Waals surface area contributed by atoms with Crippen molar-refractivity contribution < 1.29 is 19.1 Å². The Morgan fingerprint density at radius 1 is 1.07 bits per heavy atom. The predicted octanol–water partition coefficient (Wildman–Crippen LogP) is 3.47. The number of rotatable bonds is 6. The van der Waals surface area contributed by atoms with Crippen molar-refractivity contribution in [3.8, 4) is 11.5 Å². The smallest absolute Gasteiger partial charge is 0.251 e. The zero-order valence-electron chi connectivity index (χ0n) is 15.8. The Balaban J connectivity index is 1.66. The van der Waals surface area contributed by atoms with Crippen molar-refractivity contribution in [2.45, 2.75) is 32.6 Å². The van der Waals surface area contributed by atoms with Crippen LogP contribution >= 0.6 is 0 Å². The number of ether oxygens (including phenoxy) is 2. The molecule has 0 bridgehead atoms. The molecular formula is C21H24N2O4. The normalized spacial score (nSPS) is 12.6. The van der Waals surface area contributed by atoms with E-state index in [4.69, 9.17) is 9.47 Å². The number of carbonyl (C=O) groups excluding carboxylic acids is 2. The average Bonchev–Trinajstić information content (AvgIpc) is 3.14. The summed E-state index contributed by atoms with van der Waals surface area (Å²) in [5.74, 6) is 1.20. The zero-order chi connectivity index (χ0) is 19.4. The van der Waals surface area contributed by atoms with Gasteiger partial charge in [0.25, 0.3) is 5.91 Å². The SMILES string of the molecule is CCC(=O)Nc1cccc(C(=O)NCC(C)(C)c2ccc3c(c2)OCO3)c1. The lowest BCUT2D eigenvalue weighted by atomic mass is 9.84. The number of benzene rings is 2. The highest BCUT2D eigenvalue weighted by molar-refractivity contribution is 5.97. The summed E-state index contributed by atoms with van der Waals surface area (Å²) < 4.78 is 10.8. The summed E-state index contributed by atoms with van der Waals surface area (Å²) in [6.07, 6.45) is 0.389. The lowest BCUT2D eigenvalue weighted by Gasteiger charge is -2.26. The molecule has 0 saturated carbocycles. The summed E-state index contributed by atoms with van der Waals surface area (Å²) in [6, 6.07) is 12.8. The number of hydrogen-bond donors (Lipinski definition) is 2. The minimum Gasteiger partial charge on any atom is -0.454 e. The molecule has 3 rings (SSSR count). The van der Waals surface area contributed by atoms with Crippen molar-refractivity contribution in [1.29, 1.82) is 0 Å². The fraction of sp³-hybridized carbons (Fsp3) is 0.333. The highest BCUT2D eigenvalue weighted by Gasteiger charge is 2.25. The molecule has 1 heterocycles. The molecule has 0 spiro atoms. The minimum atomic E-state index is -0.287. The number of nitrogens with one attached hydrogen (secondary N) is 2. The van der Waals surface area contributed by atoms with Gasteiger partial charge in [0.2, 0.25) is 12.7 Å². The number of fused-ring (bicyclic) bond motifs is 1. The van der Waals surface area contributed by atoms with Gasteiger partial charge in [-0.2, -0.15) is 0 Å². The molecular weight excluding hydrogens is 344 g/mol. The first kappa shape index (κ1) is 18.8. The van der Waals surface area contributed by atoms with E-state index >= 15 is 0 Å². The van der Waals surface area contributed by atoms with Gasteiger partial charge < -0.3 is 20.1 Å². The number of hydrogen-bond acceptors (Lipinski definition) is 4. The largest absolute Gasteiger partial charge is 0.454 e. The van der Waals surface area contributed by atoms with E-state index in [-0.39, 0.29) is 24.0 Å². The minimum absolute atomic E-state index is 0.0866. The zero-order valence-corrected chi connectivity index (χ0v) is 15.8. The van der Waals surface area contributed by atoms with Gasteiger partial charge in [-0.1, -0.05) is 32.9 Å². The number of anilines is 1. The summed E-state index contributed by atoms with van der Waals surface area (Å²) in [6.45, 7) is 6.59. The topological polar surface area (TPSA) is 76.7 Å². The quantitative estimate of drug-likeness (QED) is 0.818. The Hall–Kier alpha value is -3.02. The van der Waals surface area contributed by atoms with E-state index in [9.17, 15) is 9.59 Å². The molecule has 0 fully saturated rings. The molecule has 0 aliphatic carbocycles. The summed E-state index contributed by atoms with van der Waals surface area (Å²) in [7, 11) is 0. The van der Waals surface area contributed by atoms with E-state index in [2.05, 4.69) is 24.5 Å². The van der Waals surface area contributed by atoms with Crippen LogP contribution in [0.3, 0.4) is 0 Å². The molecule has 1 aliphatic rings. The standard InChI is InChI=1S/C21H24N2O4/c1-4-19(24)23-16-7-5-6-14(10-16)20(25)22-12-21(2,3)15-8-9-17-18(11-15)27-13-26-17/h5-11H,4,12-13H2,1-3H3,(H,22,25)(H,23,24). The second kappa shape index (κ2) is 7.70. The number of carbonyl (C=O) groups is 2. The fourth-order valence-corrected chi connectivity index (χ4v) is 2.81. The maximum atomic E-state index is 12.5. The molecule has 6 nitrogen and oxygen atoms in total. The van der Waals surface area contributed by atoms with Crippen molar-refractivity contribution in [3.63, 3.8) is 0 Å². The molecule has 0 aromatic heterocycles. The first-order valence-electron chi connectivity index (χ1n) is 8.97. The van der Waals surface area contributed by atoms with Gasteiger partial charge in [0.15, 0.2) is 11.5 Å². The van der Waals surface area contributed by atoms with Crippen LogP contribution in [0.2, 0.25) is 0 Å². The molecule has 2 aromatic rings. The molecule has 2 aromatic carbocycles. The van der Waals surface area contributed by atoms with E-state index in [1.54, 1.807) is 31.2 Å². The van der Waals surface area contributed by atoms with E-state index in [1.165, 1.54) is 0 Å². The Kier molecular flexibility index (Phi) is 5.35. The first-order chi connectivity index (χ1) is 12.9. The first-order valence-corrected chi connectivity index (χ1v) is 8.97. The number of amides is 2. The van der Waals surface area contributed by atoms with E-state index in [0.717, 1.165) is 17.1 Å². The van der Waals surface area contributed by atoms with Gasteiger partial charge in [-0.15, -0.1) is 0 Å². The van der Waals surface area contributed by atoms with Crippen LogP contribution in [-0.2, 0) is 10.2 Å². The molecule has 0 atom stereocenters. The van der Waals surface area contributed by atoms with Gasteiger partial charge >= 0.3 is 0 Å². The third kappa shape index (κ3) is 4.39. The lowest BCUT2D eigenvalue weighted by molar-refractivity contribution is -0.115. The summed E-state index contributed by atoms with van der Waals surface area (Å²) in [4.78, 5) is 24.1. The third-order valence-corrected chi connectivity index (χ3v) is 4.57. The van der Waals surface area contributed by atoms with Crippen LogP contribution in [0.15, 0.2) is 42.5 Å². The highest BCUT2D eigenvalue weighted by Crippen LogP contribution is 2.36. The third-order valence-electron chi connectivity index (χ3n) is 4.57. The van der Waals surface area contributed by atoms with Gasteiger partial charge in [0.05, 0.1) is 0 Å². The highest BCUT2D eigenvalue weighted by atomic mass is 16.7. The summed E-state index contributed by atoms with van der Waals surface area (Å²) in [5, 5.41) is 5.74. The van der Waals surface area contributed by atoms with Crippen molar-refractivity contribution >= 4 is 17.5 Å². The monoisotopic (exact) mass is 368 g/mol. The molecule has 0 unspecified atom stereocenters. The van der Waals surface area contributed by atoms with Crippen molar-refractivity contribution in [2.75, 3.05) is 18.7 Å². The second-order valence-electron chi connectivity index (χ2n) is 7.12. The van der Waals surface area contributed by atoms with Crippen LogP contribution in [0.1, 0.15) is 43.1 Å². The molecule has 2 N–H and O–H groups in total. The van der Waals surface area contributed by atoms with Crippen molar-refractivity contribution in [2.24, 2.45) is 0 Å². The van der Waals surface area contributed by atoms with E-state index in [1.807, 2.05) is 18.2 Å². The van der Waals surface area contributed by atoms with Gasteiger partial charge in [0, 0.05) is 29.6 Å². The van der Waals surface area contributed by atoms with Gasteiger partial charge in [-0.25, -0.2) is 0 Å². The van der Waals surface area contributed by atoms with E-state index in [0.29, 0.717) is 24.2 Å². The molecule has 6 heteroatoms. The molecule has 142 valence electrons.